The summed E-state index contributed by atoms with van der Waals surface area (Å²) in [6.07, 6.45) is 1.32. The molecule has 0 bridgehead atoms. The summed E-state index contributed by atoms with van der Waals surface area (Å²) in [7, 11) is 0. The van der Waals surface area contributed by atoms with Gasteiger partial charge in [0.15, 0.2) is 11.5 Å². The Kier molecular flexibility index (Phi) is 3.60. The molecule has 0 N–H and O–H groups in total. The lowest BCUT2D eigenvalue weighted by Crippen LogP contribution is -2.23. The molecule has 0 aromatic heterocycles. The molecule has 0 heterocycles. The molecule has 0 saturated carbocycles. The highest BCUT2D eigenvalue weighted by Gasteiger charge is 2.32. The maximum absolute atomic E-state index is 12.3. The number of allylic oxidation sites excluding steroid dienone is 2. The van der Waals surface area contributed by atoms with Gasteiger partial charge in [-0.3, -0.25) is 9.59 Å². The Morgan fingerprint density at radius 2 is 1.61 bits per heavy atom. The average molecular weight is 244 g/mol. The standard InChI is InChI=1S/C15H16O3/c1-3-9-18-15-10(4-2)13(16)11-7-5-6-8-12(11)14(15)17/h5-8H,3-4,9H2,1-2H3. The molecule has 0 amide bonds. The van der Waals surface area contributed by atoms with Crippen molar-refractivity contribution in [3.8, 4) is 0 Å². The van der Waals surface area contributed by atoms with Gasteiger partial charge in [-0.25, -0.2) is 0 Å². The molecule has 0 saturated heterocycles. The third-order valence-electron chi connectivity index (χ3n) is 2.97. The van der Waals surface area contributed by atoms with E-state index in [9.17, 15) is 9.59 Å². The van der Waals surface area contributed by atoms with E-state index >= 15 is 0 Å². The summed E-state index contributed by atoms with van der Waals surface area (Å²) in [5.41, 5.74) is 1.43. The Morgan fingerprint density at radius 1 is 1.00 bits per heavy atom. The molecule has 1 aromatic rings. The van der Waals surface area contributed by atoms with E-state index in [2.05, 4.69) is 0 Å². The van der Waals surface area contributed by atoms with E-state index in [-0.39, 0.29) is 17.3 Å². The summed E-state index contributed by atoms with van der Waals surface area (Å²) in [4.78, 5) is 24.6. The molecule has 0 spiro atoms. The van der Waals surface area contributed by atoms with Crippen LogP contribution >= 0.6 is 0 Å². The molecule has 3 heteroatoms. The Morgan fingerprint density at radius 3 is 2.17 bits per heavy atom. The Bertz CT molecular complexity index is 526. The summed E-state index contributed by atoms with van der Waals surface area (Å²) < 4.78 is 5.48. The number of carbonyl (C=O) groups excluding carboxylic acids is 2. The lowest BCUT2D eigenvalue weighted by molar-refractivity contribution is 0.0869. The van der Waals surface area contributed by atoms with Crippen LogP contribution in [0, 0.1) is 0 Å². The minimum Gasteiger partial charge on any atom is -0.489 e. The van der Waals surface area contributed by atoms with E-state index in [0.29, 0.717) is 29.7 Å². The van der Waals surface area contributed by atoms with E-state index in [1.807, 2.05) is 13.8 Å². The van der Waals surface area contributed by atoms with Crippen molar-refractivity contribution in [3.05, 3.63) is 46.7 Å². The Labute approximate surface area is 106 Å². The third kappa shape index (κ3) is 1.96. The highest BCUT2D eigenvalue weighted by molar-refractivity contribution is 6.26. The smallest absolute Gasteiger partial charge is 0.228 e. The zero-order valence-corrected chi connectivity index (χ0v) is 10.7. The van der Waals surface area contributed by atoms with Gasteiger partial charge in [0.05, 0.1) is 6.61 Å². The molecule has 0 unspecified atom stereocenters. The molecule has 0 fully saturated rings. The minimum atomic E-state index is -0.171. The fourth-order valence-electron chi connectivity index (χ4n) is 2.08. The third-order valence-corrected chi connectivity index (χ3v) is 2.97. The van der Waals surface area contributed by atoms with Gasteiger partial charge in [0.1, 0.15) is 0 Å². The summed E-state index contributed by atoms with van der Waals surface area (Å²) in [6.45, 7) is 4.29. The number of hydrogen-bond acceptors (Lipinski definition) is 3. The van der Waals surface area contributed by atoms with Crippen LogP contribution in [0.5, 0.6) is 0 Å². The second-order valence-electron chi connectivity index (χ2n) is 4.21. The molecule has 94 valence electrons. The van der Waals surface area contributed by atoms with Gasteiger partial charge >= 0.3 is 0 Å². The Balaban J connectivity index is 2.50. The van der Waals surface area contributed by atoms with Crippen LogP contribution in [0.3, 0.4) is 0 Å². The number of carbonyl (C=O) groups is 2. The lowest BCUT2D eigenvalue weighted by atomic mass is 9.87. The predicted octanol–water partition coefficient (Wildman–Crippen LogP) is 3.16. The molecule has 1 aromatic carbocycles. The van der Waals surface area contributed by atoms with Crippen molar-refractivity contribution in [3.63, 3.8) is 0 Å². The summed E-state index contributed by atoms with van der Waals surface area (Å²) in [6, 6.07) is 6.91. The number of Topliss-reactive ketones (excluding diaryl/α,β-unsaturated/α-hetero) is 2. The van der Waals surface area contributed by atoms with Crippen molar-refractivity contribution in [1.82, 2.24) is 0 Å². The minimum absolute atomic E-state index is 0.0844. The lowest BCUT2D eigenvalue weighted by Gasteiger charge is -2.20. The highest BCUT2D eigenvalue weighted by Crippen LogP contribution is 2.28. The molecular formula is C15H16O3. The molecule has 1 aliphatic rings. The second-order valence-corrected chi connectivity index (χ2v) is 4.21. The Hall–Kier alpha value is -1.90. The summed E-state index contributed by atoms with van der Waals surface area (Å²) >= 11 is 0. The van der Waals surface area contributed by atoms with E-state index in [1.54, 1.807) is 24.3 Å². The topological polar surface area (TPSA) is 43.4 Å². The maximum Gasteiger partial charge on any atom is 0.228 e. The zero-order chi connectivity index (χ0) is 13.1. The number of ketones is 2. The van der Waals surface area contributed by atoms with Crippen LogP contribution in [0.25, 0.3) is 0 Å². The fraction of sp³-hybridized carbons (Fsp3) is 0.333. The van der Waals surface area contributed by atoms with Crippen molar-refractivity contribution in [1.29, 1.82) is 0 Å². The van der Waals surface area contributed by atoms with E-state index < -0.39 is 0 Å². The average Bonchev–Trinajstić information content (AvgIpc) is 2.41. The van der Waals surface area contributed by atoms with Gasteiger partial charge in [0.2, 0.25) is 5.78 Å². The monoisotopic (exact) mass is 244 g/mol. The van der Waals surface area contributed by atoms with Crippen LogP contribution in [-0.4, -0.2) is 18.2 Å². The van der Waals surface area contributed by atoms with Crippen molar-refractivity contribution < 1.29 is 14.3 Å². The van der Waals surface area contributed by atoms with Crippen LogP contribution in [0.4, 0.5) is 0 Å². The molecule has 0 atom stereocenters. The first-order chi connectivity index (χ1) is 8.70. The molecule has 1 aliphatic carbocycles. The largest absolute Gasteiger partial charge is 0.489 e. The van der Waals surface area contributed by atoms with Gasteiger partial charge in [0.25, 0.3) is 0 Å². The van der Waals surface area contributed by atoms with Crippen LogP contribution < -0.4 is 0 Å². The number of benzene rings is 1. The van der Waals surface area contributed by atoms with Crippen LogP contribution in [-0.2, 0) is 4.74 Å². The molecule has 18 heavy (non-hydrogen) atoms. The van der Waals surface area contributed by atoms with Crippen LogP contribution in [0.2, 0.25) is 0 Å². The highest BCUT2D eigenvalue weighted by atomic mass is 16.5. The van der Waals surface area contributed by atoms with Gasteiger partial charge in [-0.2, -0.15) is 0 Å². The number of rotatable bonds is 4. The van der Waals surface area contributed by atoms with Gasteiger partial charge < -0.3 is 4.74 Å². The molecular weight excluding hydrogens is 228 g/mol. The van der Waals surface area contributed by atoms with Gasteiger partial charge in [-0.05, 0) is 12.8 Å². The van der Waals surface area contributed by atoms with Gasteiger partial charge in [-0.15, -0.1) is 0 Å². The summed E-state index contributed by atoms with van der Waals surface area (Å²) in [5, 5.41) is 0. The van der Waals surface area contributed by atoms with Crippen molar-refractivity contribution in [2.75, 3.05) is 6.61 Å². The predicted molar refractivity (Wildman–Crippen MR) is 68.7 cm³/mol. The first kappa shape index (κ1) is 12.6. The second kappa shape index (κ2) is 5.17. The molecule has 0 radical (unpaired) electrons. The SMILES string of the molecule is CCCOC1=C(CC)C(=O)c2ccccc2C1=O. The molecule has 3 nitrogen and oxygen atoms in total. The quantitative estimate of drug-likeness (QED) is 0.817. The van der Waals surface area contributed by atoms with Crippen LogP contribution in [0.1, 0.15) is 47.4 Å². The molecule has 2 rings (SSSR count). The van der Waals surface area contributed by atoms with Crippen molar-refractivity contribution in [2.24, 2.45) is 0 Å². The first-order valence-electron chi connectivity index (χ1n) is 6.25. The van der Waals surface area contributed by atoms with Crippen molar-refractivity contribution >= 4 is 11.6 Å². The van der Waals surface area contributed by atoms with Crippen LogP contribution in [0.15, 0.2) is 35.6 Å². The van der Waals surface area contributed by atoms with E-state index in [0.717, 1.165) is 6.42 Å². The van der Waals surface area contributed by atoms with E-state index in [1.165, 1.54) is 0 Å². The van der Waals surface area contributed by atoms with Gasteiger partial charge in [-0.1, -0.05) is 38.1 Å². The van der Waals surface area contributed by atoms with E-state index in [4.69, 9.17) is 4.74 Å². The normalized spacial score (nSPS) is 14.8. The number of ether oxygens (including phenoxy) is 1. The number of hydrogen-bond donors (Lipinski definition) is 0. The summed E-state index contributed by atoms with van der Waals surface area (Å²) in [5.74, 6) is -0.0163. The maximum atomic E-state index is 12.3. The molecule has 0 aliphatic heterocycles. The zero-order valence-electron chi connectivity index (χ0n) is 10.7. The van der Waals surface area contributed by atoms with Crippen molar-refractivity contribution in [2.45, 2.75) is 26.7 Å². The fourth-order valence-corrected chi connectivity index (χ4v) is 2.08. The van der Waals surface area contributed by atoms with Gasteiger partial charge in [0, 0.05) is 16.7 Å². The first-order valence-corrected chi connectivity index (χ1v) is 6.25. The number of fused-ring (bicyclic) bond motifs is 1.